The van der Waals surface area contributed by atoms with Crippen molar-refractivity contribution in [3.63, 3.8) is 0 Å². The number of nitrogens with zero attached hydrogens (tertiary/aromatic N) is 1. The van der Waals surface area contributed by atoms with Gasteiger partial charge in [-0.3, -0.25) is 0 Å². The molecule has 0 heterocycles. The summed E-state index contributed by atoms with van der Waals surface area (Å²) in [6.07, 6.45) is 0.777. The normalized spacial score (nSPS) is 7.43. The van der Waals surface area contributed by atoms with Gasteiger partial charge in [0.15, 0.2) is 0 Å². The molecule has 0 aromatic heterocycles. The third kappa shape index (κ3) is 5.58. The van der Waals surface area contributed by atoms with Gasteiger partial charge in [-0.1, -0.05) is 12.2 Å². The summed E-state index contributed by atoms with van der Waals surface area (Å²) in [5.74, 6) is 0. The Morgan fingerprint density at radius 1 is 1.86 bits per heavy atom. The first-order valence-corrected chi connectivity index (χ1v) is 2.51. The van der Waals surface area contributed by atoms with Gasteiger partial charge in [0.1, 0.15) is 0 Å². The minimum Gasteiger partial charge on any atom is -0.317 e. The Kier molecular flexibility index (Phi) is 3.53. The van der Waals surface area contributed by atoms with Crippen LogP contribution in [0, 0.1) is 6.57 Å². The van der Waals surface area contributed by atoms with E-state index in [1.165, 1.54) is 0 Å². The van der Waals surface area contributed by atoms with Crippen LogP contribution in [0.2, 0.25) is 0 Å². The molecule has 0 amide bonds. The third-order valence-electron chi connectivity index (χ3n) is 0.576. The topological polar surface area (TPSA) is 4.36 Å². The summed E-state index contributed by atoms with van der Waals surface area (Å²) in [7, 11) is 0. The van der Waals surface area contributed by atoms with Crippen LogP contribution >= 0.6 is 12.2 Å². The van der Waals surface area contributed by atoms with E-state index in [1.54, 1.807) is 0 Å². The fourth-order valence-electron chi connectivity index (χ4n) is 0.213. The van der Waals surface area contributed by atoms with Crippen LogP contribution in [0.4, 0.5) is 0 Å². The van der Waals surface area contributed by atoms with Crippen molar-refractivity contribution in [2.45, 2.75) is 13.3 Å². The highest BCUT2D eigenvalue weighted by Gasteiger charge is 1.86. The van der Waals surface area contributed by atoms with Gasteiger partial charge in [-0.25, -0.2) is 6.57 Å². The SMILES string of the molecule is [C-]#[N+]CCC(C)=S. The summed E-state index contributed by atoms with van der Waals surface area (Å²) in [6, 6.07) is 0. The van der Waals surface area contributed by atoms with E-state index in [4.69, 9.17) is 18.8 Å². The molecule has 0 unspecified atom stereocenters. The maximum absolute atomic E-state index is 6.36. The molecule has 0 N–H and O–H groups in total. The molecular weight excluding hydrogens is 106 g/mol. The highest BCUT2D eigenvalue weighted by atomic mass is 32.1. The molecule has 0 aliphatic rings. The number of hydrogen-bond acceptors (Lipinski definition) is 1. The minimum atomic E-state index is 0.551. The first-order valence-electron chi connectivity index (χ1n) is 2.10. The van der Waals surface area contributed by atoms with Gasteiger partial charge in [-0.05, 0) is 11.8 Å². The van der Waals surface area contributed by atoms with Crippen LogP contribution in [0.15, 0.2) is 0 Å². The van der Waals surface area contributed by atoms with Crippen LogP contribution in [0.25, 0.3) is 4.85 Å². The molecule has 0 aliphatic carbocycles. The Morgan fingerprint density at radius 3 is 2.57 bits per heavy atom. The zero-order chi connectivity index (χ0) is 5.70. The summed E-state index contributed by atoms with van der Waals surface area (Å²) in [5, 5.41) is 0. The number of hydrogen-bond donors (Lipinski definition) is 0. The van der Waals surface area contributed by atoms with E-state index in [2.05, 4.69) is 4.85 Å². The summed E-state index contributed by atoms with van der Waals surface area (Å²) in [4.78, 5) is 4.07. The van der Waals surface area contributed by atoms with Crippen LogP contribution in [0.3, 0.4) is 0 Å². The van der Waals surface area contributed by atoms with Crippen molar-refractivity contribution < 1.29 is 0 Å². The van der Waals surface area contributed by atoms with Crippen molar-refractivity contribution in [3.8, 4) is 0 Å². The van der Waals surface area contributed by atoms with Gasteiger partial charge in [0.2, 0.25) is 6.54 Å². The standard InChI is InChI=1S/C5H7NS/c1-5(7)3-4-6-2/h3-4H2,1H3. The Labute approximate surface area is 49.2 Å². The second-order valence-corrected chi connectivity index (χ2v) is 2.03. The zero-order valence-electron chi connectivity index (χ0n) is 4.27. The molecule has 0 aromatic rings. The first-order chi connectivity index (χ1) is 3.27. The van der Waals surface area contributed by atoms with Crippen molar-refractivity contribution in [1.82, 2.24) is 0 Å². The maximum Gasteiger partial charge on any atom is 0.219 e. The van der Waals surface area contributed by atoms with Crippen LogP contribution < -0.4 is 0 Å². The van der Waals surface area contributed by atoms with E-state index in [-0.39, 0.29) is 0 Å². The van der Waals surface area contributed by atoms with Crippen LogP contribution in [0.5, 0.6) is 0 Å². The lowest BCUT2D eigenvalue weighted by molar-refractivity contribution is 1.21. The van der Waals surface area contributed by atoms with Gasteiger partial charge in [-0.2, -0.15) is 0 Å². The largest absolute Gasteiger partial charge is 0.317 e. The van der Waals surface area contributed by atoms with Crippen LogP contribution in [-0.2, 0) is 0 Å². The van der Waals surface area contributed by atoms with E-state index in [0.29, 0.717) is 6.54 Å². The summed E-state index contributed by atoms with van der Waals surface area (Å²) in [6.45, 7) is 8.77. The highest BCUT2D eigenvalue weighted by Crippen LogP contribution is 1.83. The first kappa shape index (κ1) is 6.58. The third-order valence-corrected chi connectivity index (χ3v) is 0.780. The molecule has 0 aromatic carbocycles. The van der Waals surface area contributed by atoms with Gasteiger partial charge in [0, 0.05) is 0 Å². The summed E-state index contributed by atoms with van der Waals surface area (Å²) in [5.41, 5.74) is 0. The molecule has 1 nitrogen and oxygen atoms in total. The predicted molar refractivity (Wildman–Crippen MR) is 34.4 cm³/mol. The molecule has 0 saturated carbocycles. The number of thiocarbonyl (C=S) groups is 1. The molecule has 0 fully saturated rings. The lowest BCUT2D eigenvalue weighted by Gasteiger charge is -1.81. The summed E-state index contributed by atoms with van der Waals surface area (Å²) >= 11 is 4.72. The highest BCUT2D eigenvalue weighted by molar-refractivity contribution is 7.80. The molecule has 0 radical (unpaired) electrons. The van der Waals surface area contributed by atoms with E-state index < -0.39 is 0 Å². The Balaban J connectivity index is 3.02. The monoisotopic (exact) mass is 113 g/mol. The van der Waals surface area contributed by atoms with E-state index in [9.17, 15) is 0 Å². The van der Waals surface area contributed by atoms with Gasteiger partial charge < -0.3 is 4.85 Å². The van der Waals surface area contributed by atoms with Crippen molar-refractivity contribution in [3.05, 3.63) is 11.4 Å². The minimum absolute atomic E-state index is 0.551. The van der Waals surface area contributed by atoms with E-state index in [1.807, 2.05) is 6.92 Å². The molecule has 0 bridgehead atoms. The van der Waals surface area contributed by atoms with Crippen molar-refractivity contribution in [2.24, 2.45) is 0 Å². The molecule has 7 heavy (non-hydrogen) atoms. The van der Waals surface area contributed by atoms with Crippen LogP contribution in [0.1, 0.15) is 13.3 Å². The van der Waals surface area contributed by atoms with Crippen LogP contribution in [-0.4, -0.2) is 11.4 Å². The van der Waals surface area contributed by atoms with E-state index in [0.717, 1.165) is 11.3 Å². The van der Waals surface area contributed by atoms with E-state index >= 15 is 0 Å². The van der Waals surface area contributed by atoms with Gasteiger partial charge in [-0.15, -0.1) is 0 Å². The fourth-order valence-corrected chi connectivity index (χ4v) is 0.305. The molecular formula is C5H7NS. The predicted octanol–water partition coefficient (Wildman–Crippen LogP) is 1.69. The van der Waals surface area contributed by atoms with Gasteiger partial charge in [0.25, 0.3) is 0 Å². The van der Waals surface area contributed by atoms with Gasteiger partial charge >= 0.3 is 0 Å². The quantitative estimate of drug-likeness (QED) is 0.389. The molecule has 0 rings (SSSR count). The van der Waals surface area contributed by atoms with Crippen molar-refractivity contribution >= 4 is 17.1 Å². The average molecular weight is 113 g/mol. The molecule has 0 atom stereocenters. The molecule has 0 saturated heterocycles. The summed E-state index contributed by atoms with van der Waals surface area (Å²) < 4.78 is 0. The second kappa shape index (κ2) is 3.76. The Bertz CT molecular complexity index is 101. The Hall–Kier alpha value is -0.420. The zero-order valence-corrected chi connectivity index (χ0v) is 5.09. The maximum atomic E-state index is 6.36. The fraction of sp³-hybridized carbons (Fsp3) is 0.600. The Morgan fingerprint density at radius 2 is 2.43 bits per heavy atom. The van der Waals surface area contributed by atoms with Crippen molar-refractivity contribution in [1.29, 1.82) is 0 Å². The smallest absolute Gasteiger partial charge is 0.219 e. The van der Waals surface area contributed by atoms with Gasteiger partial charge in [0.05, 0.1) is 6.42 Å². The molecule has 0 spiro atoms. The molecule has 2 heteroatoms. The second-order valence-electron chi connectivity index (χ2n) is 1.33. The lowest BCUT2D eigenvalue weighted by atomic mass is 10.3. The average Bonchev–Trinajstić information content (AvgIpc) is 1.61. The van der Waals surface area contributed by atoms with Crippen molar-refractivity contribution in [2.75, 3.05) is 6.54 Å². The molecule has 38 valence electrons. The lowest BCUT2D eigenvalue weighted by Crippen LogP contribution is -1.86. The number of rotatable bonds is 2. The molecule has 0 aliphatic heterocycles.